The predicted octanol–water partition coefficient (Wildman–Crippen LogP) is 4.07. The van der Waals surface area contributed by atoms with Crippen LogP contribution in [-0.2, 0) is 11.0 Å². The number of anilines is 1. The summed E-state index contributed by atoms with van der Waals surface area (Å²) in [7, 11) is 0. The van der Waals surface area contributed by atoms with Crippen molar-refractivity contribution >= 4 is 11.7 Å². The topological polar surface area (TPSA) is 49.3 Å². The Balaban J connectivity index is 2.43. The van der Waals surface area contributed by atoms with Crippen LogP contribution in [0.2, 0.25) is 0 Å². The molecule has 0 aliphatic heterocycles. The van der Waals surface area contributed by atoms with Crippen LogP contribution < -0.4 is 5.32 Å². The number of halogens is 3. The summed E-state index contributed by atoms with van der Waals surface area (Å²) in [5.74, 6) is -0.827. The van der Waals surface area contributed by atoms with Gasteiger partial charge >= 0.3 is 12.1 Å². The highest BCUT2D eigenvalue weighted by Gasteiger charge is 2.32. The van der Waals surface area contributed by atoms with Crippen molar-refractivity contribution in [2.24, 2.45) is 0 Å². The Bertz CT molecular complexity index is 458. The molecule has 0 unspecified atom stereocenters. The van der Waals surface area contributed by atoms with Gasteiger partial charge in [0.05, 0.1) is 5.56 Å². The molecule has 0 bridgehead atoms. The summed E-state index contributed by atoms with van der Waals surface area (Å²) in [4.78, 5) is 10.3. The second kappa shape index (κ2) is 7.17. The number of rotatable bonds is 7. The number of aryl methyl sites for hydroxylation is 1. The first kappa shape index (κ1) is 16.3. The van der Waals surface area contributed by atoms with Crippen LogP contribution in [0.4, 0.5) is 18.9 Å². The van der Waals surface area contributed by atoms with Gasteiger partial charge < -0.3 is 10.4 Å². The van der Waals surface area contributed by atoms with Crippen LogP contribution in [0, 0.1) is 6.92 Å². The highest BCUT2D eigenvalue weighted by Crippen LogP contribution is 2.33. The molecule has 0 saturated carbocycles. The highest BCUT2D eigenvalue weighted by atomic mass is 19.4. The second-order valence-electron chi connectivity index (χ2n) is 4.66. The van der Waals surface area contributed by atoms with Crippen molar-refractivity contribution in [2.45, 2.75) is 38.8 Å². The first-order chi connectivity index (χ1) is 9.30. The summed E-state index contributed by atoms with van der Waals surface area (Å²) in [6, 6.07) is 4.16. The van der Waals surface area contributed by atoms with Crippen LogP contribution >= 0.6 is 0 Å². The predicted molar refractivity (Wildman–Crippen MR) is 70.8 cm³/mol. The summed E-state index contributed by atoms with van der Waals surface area (Å²) < 4.78 is 38.1. The summed E-state index contributed by atoms with van der Waals surface area (Å²) >= 11 is 0. The fourth-order valence-electron chi connectivity index (χ4n) is 1.85. The molecule has 1 aromatic rings. The molecule has 2 N–H and O–H groups in total. The van der Waals surface area contributed by atoms with Crippen LogP contribution in [0.1, 0.15) is 36.8 Å². The molecule has 0 radical (unpaired) electrons. The number of carboxylic acid groups (broad SMARTS) is 1. The first-order valence-electron chi connectivity index (χ1n) is 6.44. The monoisotopic (exact) mass is 289 g/mol. The lowest BCUT2D eigenvalue weighted by molar-refractivity contribution is -0.138. The van der Waals surface area contributed by atoms with E-state index in [1.807, 2.05) is 0 Å². The van der Waals surface area contributed by atoms with E-state index >= 15 is 0 Å². The van der Waals surface area contributed by atoms with Crippen LogP contribution in [0.5, 0.6) is 0 Å². The molecule has 1 aromatic carbocycles. The van der Waals surface area contributed by atoms with Gasteiger partial charge in [0, 0.05) is 18.7 Å². The van der Waals surface area contributed by atoms with Gasteiger partial charge in [-0.15, -0.1) is 0 Å². The molecule has 0 atom stereocenters. The number of unbranched alkanes of at least 4 members (excludes halogenated alkanes) is 2. The van der Waals surface area contributed by atoms with E-state index in [2.05, 4.69) is 5.32 Å². The number of aliphatic carboxylic acids is 1. The molecule has 0 aliphatic rings. The average molecular weight is 289 g/mol. The Morgan fingerprint density at radius 3 is 2.55 bits per heavy atom. The van der Waals surface area contributed by atoms with Crippen molar-refractivity contribution in [3.63, 3.8) is 0 Å². The molecule has 0 fully saturated rings. The van der Waals surface area contributed by atoms with E-state index in [4.69, 9.17) is 5.11 Å². The van der Waals surface area contributed by atoms with Crippen LogP contribution in [0.25, 0.3) is 0 Å². The standard InChI is InChI=1S/C14H18F3NO2/c1-10-6-7-11(9-12(10)14(15,16)17)18-8-4-2-3-5-13(19)20/h6-7,9,18H,2-5,8H2,1H3,(H,19,20). The van der Waals surface area contributed by atoms with Gasteiger partial charge in [-0.25, -0.2) is 0 Å². The maximum absolute atomic E-state index is 12.7. The van der Waals surface area contributed by atoms with E-state index in [1.54, 1.807) is 6.07 Å². The van der Waals surface area contributed by atoms with Gasteiger partial charge in [0.25, 0.3) is 0 Å². The van der Waals surface area contributed by atoms with Crippen LogP contribution in [-0.4, -0.2) is 17.6 Å². The fraction of sp³-hybridized carbons (Fsp3) is 0.500. The lowest BCUT2D eigenvalue weighted by Crippen LogP contribution is -2.09. The summed E-state index contributed by atoms with van der Waals surface area (Å²) in [6.07, 6.45) is -2.18. The molecular formula is C14H18F3NO2. The van der Waals surface area contributed by atoms with Crippen molar-refractivity contribution in [1.82, 2.24) is 0 Å². The van der Waals surface area contributed by atoms with Gasteiger partial charge in [0.1, 0.15) is 0 Å². The number of carbonyl (C=O) groups is 1. The quantitative estimate of drug-likeness (QED) is 0.744. The molecule has 1 rings (SSSR count). The Morgan fingerprint density at radius 2 is 1.95 bits per heavy atom. The number of benzene rings is 1. The molecule has 0 spiro atoms. The minimum absolute atomic E-state index is 0.128. The zero-order valence-electron chi connectivity index (χ0n) is 11.3. The average Bonchev–Trinajstić information content (AvgIpc) is 2.33. The van der Waals surface area contributed by atoms with Crippen molar-refractivity contribution in [2.75, 3.05) is 11.9 Å². The van der Waals surface area contributed by atoms with Crippen LogP contribution in [0.15, 0.2) is 18.2 Å². The number of hydrogen-bond donors (Lipinski definition) is 2. The molecule has 112 valence electrons. The van der Waals surface area contributed by atoms with Gasteiger partial charge in [0.15, 0.2) is 0 Å². The number of hydrogen-bond acceptors (Lipinski definition) is 2. The van der Waals surface area contributed by atoms with Gasteiger partial charge in [-0.3, -0.25) is 4.79 Å². The molecule has 6 heteroatoms. The third kappa shape index (κ3) is 5.50. The van der Waals surface area contributed by atoms with Crippen molar-refractivity contribution < 1.29 is 23.1 Å². The van der Waals surface area contributed by atoms with Gasteiger partial charge in [-0.05, 0) is 37.5 Å². The van der Waals surface area contributed by atoms with Gasteiger partial charge in [0.2, 0.25) is 0 Å². The lowest BCUT2D eigenvalue weighted by atomic mass is 10.1. The highest BCUT2D eigenvalue weighted by molar-refractivity contribution is 5.66. The maximum atomic E-state index is 12.7. The molecule has 0 saturated heterocycles. The first-order valence-corrected chi connectivity index (χ1v) is 6.44. The van der Waals surface area contributed by atoms with Crippen LogP contribution in [0.3, 0.4) is 0 Å². The minimum atomic E-state index is -4.34. The van der Waals surface area contributed by atoms with Gasteiger partial charge in [-0.1, -0.05) is 12.5 Å². The Labute approximate surface area is 115 Å². The van der Waals surface area contributed by atoms with Crippen molar-refractivity contribution in [3.05, 3.63) is 29.3 Å². The summed E-state index contributed by atoms with van der Waals surface area (Å²) in [5.41, 5.74) is -0.000884. The van der Waals surface area contributed by atoms with E-state index < -0.39 is 17.7 Å². The normalized spacial score (nSPS) is 11.4. The maximum Gasteiger partial charge on any atom is 0.416 e. The minimum Gasteiger partial charge on any atom is -0.481 e. The van der Waals surface area contributed by atoms with E-state index in [0.29, 0.717) is 18.7 Å². The molecule has 3 nitrogen and oxygen atoms in total. The Hall–Kier alpha value is -1.72. The molecular weight excluding hydrogens is 271 g/mol. The molecule has 0 aromatic heterocycles. The van der Waals surface area contributed by atoms with Crippen molar-refractivity contribution in [3.8, 4) is 0 Å². The van der Waals surface area contributed by atoms with Gasteiger partial charge in [-0.2, -0.15) is 13.2 Å². The largest absolute Gasteiger partial charge is 0.481 e. The zero-order valence-corrected chi connectivity index (χ0v) is 11.3. The molecule has 0 amide bonds. The Morgan fingerprint density at radius 1 is 1.25 bits per heavy atom. The number of nitrogens with one attached hydrogen (secondary N) is 1. The third-order valence-corrected chi connectivity index (χ3v) is 2.94. The number of alkyl halides is 3. The van der Waals surface area contributed by atoms with E-state index in [9.17, 15) is 18.0 Å². The second-order valence-corrected chi connectivity index (χ2v) is 4.66. The Kier molecular flexibility index (Phi) is 5.85. The molecule has 20 heavy (non-hydrogen) atoms. The van der Waals surface area contributed by atoms with E-state index in [-0.39, 0.29) is 12.0 Å². The van der Waals surface area contributed by atoms with E-state index in [0.717, 1.165) is 18.9 Å². The zero-order chi connectivity index (χ0) is 15.2. The summed E-state index contributed by atoms with van der Waals surface area (Å²) in [6.45, 7) is 1.96. The third-order valence-electron chi connectivity index (χ3n) is 2.94. The molecule has 0 aliphatic carbocycles. The lowest BCUT2D eigenvalue weighted by Gasteiger charge is -2.13. The van der Waals surface area contributed by atoms with E-state index in [1.165, 1.54) is 13.0 Å². The number of carboxylic acids is 1. The fourth-order valence-corrected chi connectivity index (χ4v) is 1.85. The summed E-state index contributed by atoms with van der Waals surface area (Å²) in [5, 5.41) is 11.4. The molecule has 0 heterocycles. The smallest absolute Gasteiger partial charge is 0.416 e. The van der Waals surface area contributed by atoms with Crippen molar-refractivity contribution in [1.29, 1.82) is 0 Å². The SMILES string of the molecule is Cc1ccc(NCCCCCC(=O)O)cc1C(F)(F)F.